The normalized spacial score (nSPS) is 14.2. The van der Waals surface area contributed by atoms with Crippen LogP contribution in [0.1, 0.15) is 11.1 Å². The van der Waals surface area contributed by atoms with Crippen molar-refractivity contribution >= 4 is 11.7 Å². The smallest absolute Gasteiger partial charge is 0.317 e. The number of rotatable bonds is 5. The number of nitrogens with zero attached hydrogens (tertiary/aromatic N) is 2. The minimum absolute atomic E-state index is 0.0743. The number of piperazine rings is 1. The quantitative estimate of drug-likeness (QED) is 0.878. The summed E-state index contributed by atoms with van der Waals surface area (Å²) in [5.41, 5.74) is 2.85. The lowest BCUT2D eigenvalue weighted by Gasteiger charge is -2.36. The highest BCUT2D eigenvalue weighted by Gasteiger charge is 2.22. The van der Waals surface area contributed by atoms with Crippen LogP contribution < -0.4 is 15.0 Å². The van der Waals surface area contributed by atoms with Crippen LogP contribution in [0.25, 0.3) is 0 Å². The van der Waals surface area contributed by atoms with Crippen LogP contribution in [-0.4, -0.2) is 50.8 Å². The number of benzene rings is 2. The number of anilines is 1. The number of urea groups is 1. The summed E-state index contributed by atoms with van der Waals surface area (Å²) in [5.74, 6) is 0.621. The molecule has 2 aromatic carbocycles. The third kappa shape index (κ3) is 4.70. The van der Waals surface area contributed by atoms with Gasteiger partial charge in [-0.3, -0.25) is 0 Å². The van der Waals surface area contributed by atoms with Crippen LogP contribution in [0.15, 0.2) is 42.5 Å². The number of halogens is 1. The van der Waals surface area contributed by atoms with Gasteiger partial charge >= 0.3 is 6.03 Å². The molecule has 0 aromatic heterocycles. The van der Waals surface area contributed by atoms with E-state index in [0.717, 1.165) is 11.3 Å². The Kier molecular flexibility index (Phi) is 6.16. The molecule has 27 heavy (non-hydrogen) atoms. The third-order valence-corrected chi connectivity index (χ3v) is 4.87. The number of carbonyl (C=O) groups excluding carboxylic acids is 1. The summed E-state index contributed by atoms with van der Waals surface area (Å²) in [6, 6.07) is 12.7. The Labute approximate surface area is 159 Å². The second-order valence-corrected chi connectivity index (χ2v) is 6.72. The zero-order valence-electron chi connectivity index (χ0n) is 15.9. The summed E-state index contributed by atoms with van der Waals surface area (Å²) in [7, 11) is 1.65. The molecule has 0 bridgehead atoms. The van der Waals surface area contributed by atoms with Gasteiger partial charge in [0, 0.05) is 32.7 Å². The van der Waals surface area contributed by atoms with Crippen LogP contribution in [0.5, 0.6) is 5.75 Å². The van der Waals surface area contributed by atoms with Crippen LogP contribution in [0.4, 0.5) is 14.9 Å². The molecule has 0 spiro atoms. The molecule has 1 N–H and O–H groups in total. The van der Waals surface area contributed by atoms with E-state index in [4.69, 9.17) is 4.74 Å². The van der Waals surface area contributed by atoms with E-state index in [9.17, 15) is 9.18 Å². The van der Waals surface area contributed by atoms with Gasteiger partial charge in [-0.2, -0.15) is 0 Å². The average Bonchev–Trinajstić information content (AvgIpc) is 2.68. The molecule has 6 heteroatoms. The number of aryl methyl sites for hydroxylation is 1. The van der Waals surface area contributed by atoms with Gasteiger partial charge in [0.25, 0.3) is 0 Å². The molecule has 1 aliphatic rings. The molecule has 1 fully saturated rings. The van der Waals surface area contributed by atoms with Gasteiger partial charge in [0.2, 0.25) is 0 Å². The maximum absolute atomic E-state index is 13.9. The van der Waals surface area contributed by atoms with Crippen molar-refractivity contribution in [2.24, 2.45) is 0 Å². The van der Waals surface area contributed by atoms with Gasteiger partial charge in [-0.25, -0.2) is 9.18 Å². The fraction of sp³-hybridized carbons (Fsp3) is 0.381. The molecule has 1 heterocycles. The van der Waals surface area contributed by atoms with E-state index in [0.29, 0.717) is 44.8 Å². The second-order valence-electron chi connectivity index (χ2n) is 6.72. The van der Waals surface area contributed by atoms with Crippen molar-refractivity contribution < 1.29 is 13.9 Å². The van der Waals surface area contributed by atoms with E-state index in [2.05, 4.69) is 11.4 Å². The highest BCUT2D eigenvalue weighted by atomic mass is 19.1. The lowest BCUT2D eigenvalue weighted by molar-refractivity contribution is 0.194. The second kappa shape index (κ2) is 8.75. The Morgan fingerprint density at radius 2 is 1.89 bits per heavy atom. The molecule has 3 rings (SSSR count). The average molecular weight is 371 g/mol. The topological polar surface area (TPSA) is 44.8 Å². The van der Waals surface area contributed by atoms with E-state index in [1.807, 2.05) is 30.0 Å². The van der Waals surface area contributed by atoms with Gasteiger partial charge in [0.05, 0.1) is 12.8 Å². The van der Waals surface area contributed by atoms with Crippen LogP contribution in [0.2, 0.25) is 0 Å². The summed E-state index contributed by atoms with van der Waals surface area (Å²) in [4.78, 5) is 16.2. The van der Waals surface area contributed by atoms with E-state index in [1.54, 1.807) is 24.1 Å². The largest absolute Gasteiger partial charge is 0.496 e. The number of hydrogen-bond acceptors (Lipinski definition) is 3. The Morgan fingerprint density at radius 1 is 1.15 bits per heavy atom. The molecule has 5 nitrogen and oxygen atoms in total. The van der Waals surface area contributed by atoms with Crippen LogP contribution >= 0.6 is 0 Å². The molecular formula is C21H26FN3O2. The Balaban J connectivity index is 1.48. The summed E-state index contributed by atoms with van der Waals surface area (Å²) < 4.78 is 19.3. The standard InChI is InChI=1S/C21H26FN3O2/c1-16-7-8-20(27-2)17(15-16)9-10-23-21(26)25-13-11-24(12-14-25)19-6-4-3-5-18(19)22/h3-8,15H,9-14H2,1-2H3,(H,23,26). The molecule has 1 aliphatic heterocycles. The number of methoxy groups -OCH3 is 1. The minimum atomic E-state index is -0.220. The lowest BCUT2D eigenvalue weighted by atomic mass is 10.1. The minimum Gasteiger partial charge on any atom is -0.496 e. The molecule has 144 valence electrons. The van der Waals surface area contributed by atoms with Crippen molar-refractivity contribution in [3.05, 3.63) is 59.4 Å². The van der Waals surface area contributed by atoms with Gasteiger partial charge in [-0.1, -0.05) is 29.8 Å². The fourth-order valence-electron chi connectivity index (χ4n) is 3.38. The maximum Gasteiger partial charge on any atom is 0.317 e. The predicted octanol–water partition coefficient (Wildman–Crippen LogP) is 3.22. The van der Waals surface area contributed by atoms with Crippen molar-refractivity contribution in [3.8, 4) is 5.75 Å². The number of carbonyl (C=O) groups is 1. The first-order chi connectivity index (χ1) is 13.1. The maximum atomic E-state index is 13.9. The van der Waals surface area contributed by atoms with E-state index in [-0.39, 0.29) is 11.8 Å². The van der Waals surface area contributed by atoms with Crippen molar-refractivity contribution in [2.75, 3.05) is 44.7 Å². The summed E-state index contributed by atoms with van der Waals surface area (Å²) >= 11 is 0. The highest BCUT2D eigenvalue weighted by Crippen LogP contribution is 2.21. The molecule has 0 radical (unpaired) electrons. The number of amides is 2. The van der Waals surface area contributed by atoms with Gasteiger partial charge in [-0.15, -0.1) is 0 Å². The highest BCUT2D eigenvalue weighted by molar-refractivity contribution is 5.74. The SMILES string of the molecule is COc1ccc(C)cc1CCNC(=O)N1CCN(c2ccccc2F)CC1. The monoisotopic (exact) mass is 371 g/mol. The number of nitrogens with one attached hydrogen (secondary N) is 1. The fourth-order valence-corrected chi connectivity index (χ4v) is 3.38. The Morgan fingerprint density at radius 3 is 2.59 bits per heavy atom. The van der Waals surface area contributed by atoms with Gasteiger partial charge in [-0.05, 0) is 37.1 Å². The number of para-hydroxylation sites is 1. The summed E-state index contributed by atoms with van der Waals surface area (Å²) in [6.45, 7) is 4.99. The predicted molar refractivity (Wildman–Crippen MR) is 105 cm³/mol. The van der Waals surface area contributed by atoms with E-state index in [1.165, 1.54) is 11.6 Å². The molecule has 0 aliphatic carbocycles. The molecule has 0 atom stereocenters. The number of hydrogen-bond donors (Lipinski definition) is 1. The number of ether oxygens (including phenoxy) is 1. The van der Waals surface area contributed by atoms with Gasteiger partial charge in [0.15, 0.2) is 0 Å². The zero-order chi connectivity index (χ0) is 19.2. The summed E-state index contributed by atoms with van der Waals surface area (Å²) in [5, 5.41) is 2.98. The first kappa shape index (κ1) is 19.0. The molecule has 0 unspecified atom stereocenters. The van der Waals surface area contributed by atoms with Gasteiger partial charge < -0.3 is 19.9 Å². The summed E-state index contributed by atoms with van der Waals surface area (Å²) in [6.07, 6.45) is 0.714. The van der Waals surface area contributed by atoms with E-state index >= 15 is 0 Å². The van der Waals surface area contributed by atoms with Crippen molar-refractivity contribution in [3.63, 3.8) is 0 Å². The molecular weight excluding hydrogens is 345 g/mol. The van der Waals surface area contributed by atoms with Crippen molar-refractivity contribution in [2.45, 2.75) is 13.3 Å². The lowest BCUT2D eigenvalue weighted by Crippen LogP contribution is -2.52. The Hall–Kier alpha value is -2.76. The first-order valence-corrected chi connectivity index (χ1v) is 9.24. The van der Waals surface area contributed by atoms with E-state index < -0.39 is 0 Å². The van der Waals surface area contributed by atoms with Crippen LogP contribution in [0, 0.1) is 12.7 Å². The first-order valence-electron chi connectivity index (χ1n) is 9.24. The molecule has 0 saturated carbocycles. The van der Waals surface area contributed by atoms with Crippen molar-refractivity contribution in [1.82, 2.24) is 10.2 Å². The van der Waals surface area contributed by atoms with Crippen molar-refractivity contribution in [1.29, 1.82) is 0 Å². The molecule has 2 amide bonds. The van der Waals surface area contributed by atoms with Crippen LogP contribution in [0.3, 0.4) is 0 Å². The third-order valence-electron chi connectivity index (χ3n) is 4.87. The molecule has 2 aromatic rings. The van der Waals surface area contributed by atoms with Gasteiger partial charge in [0.1, 0.15) is 11.6 Å². The van der Waals surface area contributed by atoms with Crippen LogP contribution in [-0.2, 0) is 6.42 Å². The Bertz CT molecular complexity index is 789. The molecule has 1 saturated heterocycles. The zero-order valence-corrected chi connectivity index (χ0v) is 15.9.